The lowest BCUT2D eigenvalue weighted by Gasteiger charge is -2.15. The largest absolute Gasteiger partial charge is 0.354 e. The number of likely N-dealkylation sites (N-methyl/N-ethyl adjacent to an activating group) is 1. The van der Waals surface area contributed by atoms with E-state index < -0.39 is 15.9 Å². The van der Waals surface area contributed by atoms with Crippen molar-refractivity contribution >= 4 is 44.8 Å². The highest BCUT2D eigenvalue weighted by molar-refractivity contribution is 7.91. The van der Waals surface area contributed by atoms with Gasteiger partial charge in [-0.25, -0.2) is 8.42 Å². The number of hydrogen-bond donors (Lipinski definition) is 2. The van der Waals surface area contributed by atoms with E-state index in [0.717, 1.165) is 15.6 Å². The Bertz CT molecular complexity index is 658. The minimum Gasteiger partial charge on any atom is -0.354 e. The van der Waals surface area contributed by atoms with E-state index in [9.17, 15) is 18.0 Å². The topological polar surface area (TPSA) is 95.6 Å². The van der Waals surface area contributed by atoms with Crippen molar-refractivity contribution in [2.75, 3.05) is 20.1 Å². The quantitative estimate of drug-likeness (QED) is 0.703. The molecule has 0 aliphatic heterocycles. The van der Waals surface area contributed by atoms with Gasteiger partial charge in [-0.3, -0.25) is 9.59 Å². The van der Waals surface area contributed by atoms with Crippen molar-refractivity contribution in [2.24, 2.45) is 0 Å². The van der Waals surface area contributed by atoms with Gasteiger partial charge >= 0.3 is 0 Å². The molecule has 0 bridgehead atoms. The van der Waals surface area contributed by atoms with Crippen LogP contribution in [0.4, 0.5) is 0 Å². The average molecular weight is 382 g/mol. The van der Waals surface area contributed by atoms with Gasteiger partial charge in [0.2, 0.25) is 11.8 Å². The summed E-state index contributed by atoms with van der Waals surface area (Å²) in [5.74, 6) is -0.648. The number of sulfonamides is 1. The Morgan fingerprint density at radius 2 is 1.96 bits per heavy atom. The smallest absolute Gasteiger partial charge is 0.252 e. The predicted octanol–water partition coefficient (Wildman–Crippen LogP) is 1.05. The van der Waals surface area contributed by atoms with E-state index in [-0.39, 0.29) is 35.7 Å². The van der Waals surface area contributed by atoms with Crippen molar-refractivity contribution in [3.63, 3.8) is 0 Å². The number of amides is 2. The molecular formula is C13H20ClN3O4S2. The molecule has 0 atom stereocenters. The molecule has 23 heavy (non-hydrogen) atoms. The van der Waals surface area contributed by atoms with Gasteiger partial charge in [0.1, 0.15) is 4.21 Å². The number of carbonyl (C=O) groups excluding carboxylic acids is 2. The number of halogens is 1. The summed E-state index contributed by atoms with van der Waals surface area (Å²) in [5, 5.41) is 5.22. The van der Waals surface area contributed by atoms with Gasteiger partial charge in [0.05, 0.1) is 10.9 Å². The van der Waals surface area contributed by atoms with Crippen molar-refractivity contribution < 1.29 is 18.0 Å². The monoisotopic (exact) mass is 381 g/mol. The first-order valence-electron chi connectivity index (χ1n) is 6.90. The molecule has 0 spiro atoms. The molecule has 0 saturated heterocycles. The zero-order valence-corrected chi connectivity index (χ0v) is 15.5. The summed E-state index contributed by atoms with van der Waals surface area (Å²) >= 11 is 6.66. The van der Waals surface area contributed by atoms with Gasteiger partial charge in [0.25, 0.3) is 10.0 Å². The molecule has 0 aliphatic rings. The summed E-state index contributed by atoms with van der Waals surface area (Å²) in [7, 11) is -2.43. The lowest BCUT2D eigenvalue weighted by Crippen LogP contribution is -2.40. The highest BCUT2D eigenvalue weighted by Gasteiger charge is 2.24. The average Bonchev–Trinajstić information content (AvgIpc) is 2.85. The predicted molar refractivity (Wildman–Crippen MR) is 90.1 cm³/mol. The van der Waals surface area contributed by atoms with Gasteiger partial charge in [-0.2, -0.15) is 4.31 Å². The van der Waals surface area contributed by atoms with Crippen LogP contribution in [0.1, 0.15) is 20.3 Å². The molecule has 10 heteroatoms. The molecule has 0 radical (unpaired) electrons. The van der Waals surface area contributed by atoms with Crippen LogP contribution in [-0.4, -0.2) is 50.7 Å². The van der Waals surface area contributed by atoms with Crippen LogP contribution in [-0.2, 0) is 19.6 Å². The maximum atomic E-state index is 12.2. The summed E-state index contributed by atoms with van der Waals surface area (Å²) < 4.78 is 25.8. The molecule has 2 amide bonds. The van der Waals surface area contributed by atoms with Crippen LogP contribution in [0.2, 0.25) is 4.34 Å². The van der Waals surface area contributed by atoms with Gasteiger partial charge < -0.3 is 10.6 Å². The number of thiophene rings is 1. The Hall–Kier alpha value is -1.16. The zero-order valence-electron chi connectivity index (χ0n) is 13.1. The van der Waals surface area contributed by atoms with Gasteiger partial charge in [-0.1, -0.05) is 11.6 Å². The molecular weight excluding hydrogens is 362 g/mol. The SMILES string of the molecule is CC(C)NC(=O)CCNC(=O)CN(C)S(=O)(=O)c1ccc(Cl)s1. The third-order valence-electron chi connectivity index (χ3n) is 2.70. The lowest BCUT2D eigenvalue weighted by atomic mass is 10.3. The standard InChI is InChI=1S/C13H20ClN3O4S2/c1-9(2)16-11(18)6-7-15-12(19)8-17(3)23(20,21)13-5-4-10(14)22-13/h4-5,9H,6-8H2,1-3H3,(H,15,19)(H,16,18). The molecule has 0 unspecified atom stereocenters. The minimum absolute atomic E-state index is 0.0343. The third-order valence-corrected chi connectivity index (χ3v) is 6.21. The first-order valence-corrected chi connectivity index (χ1v) is 9.54. The number of nitrogens with zero attached hydrogens (tertiary/aromatic N) is 1. The molecule has 7 nitrogen and oxygen atoms in total. The first-order chi connectivity index (χ1) is 10.6. The normalized spacial score (nSPS) is 11.7. The van der Waals surface area contributed by atoms with E-state index in [2.05, 4.69) is 10.6 Å². The van der Waals surface area contributed by atoms with Gasteiger partial charge in [-0.15, -0.1) is 11.3 Å². The first kappa shape index (κ1) is 19.9. The van der Waals surface area contributed by atoms with Crippen molar-refractivity contribution in [3.05, 3.63) is 16.5 Å². The number of carbonyl (C=O) groups is 2. The molecule has 2 N–H and O–H groups in total. The summed E-state index contributed by atoms with van der Waals surface area (Å²) in [5.41, 5.74) is 0. The molecule has 1 aromatic heterocycles. The molecule has 1 heterocycles. The summed E-state index contributed by atoms with van der Waals surface area (Å²) in [6.45, 7) is 3.50. The van der Waals surface area contributed by atoms with Crippen LogP contribution in [0.3, 0.4) is 0 Å². The molecule has 0 aromatic carbocycles. The van der Waals surface area contributed by atoms with Crippen molar-refractivity contribution in [2.45, 2.75) is 30.5 Å². The number of nitrogens with one attached hydrogen (secondary N) is 2. The van der Waals surface area contributed by atoms with Crippen molar-refractivity contribution in [1.29, 1.82) is 0 Å². The van der Waals surface area contributed by atoms with Gasteiger partial charge in [0.15, 0.2) is 0 Å². The molecule has 1 rings (SSSR count). The van der Waals surface area contributed by atoms with Gasteiger partial charge in [-0.05, 0) is 26.0 Å². The fourth-order valence-corrected chi connectivity index (χ4v) is 4.46. The summed E-state index contributed by atoms with van der Waals surface area (Å²) in [6, 6.07) is 2.92. The number of hydrogen-bond acceptors (Lipinski definition) is 5. The van der Waals surface area contributed by atoms with E-state index in [1.807, 2.05) is 13.8 Å². The fourth-order valence-electron chi connectivity index (χ4n) is 1.64. The highest BCUT2D eigenvalue weighted by atomic mass is 35.5. The number of rotatable bonds is 8. The Morgan fingerprint density at radius 3 is 2.48 bits per heavy atom. The summed E-state index contributed by atoms with van der Waals surface area (Å²) in [6.07, 6.45) is 0.140. The third kappa shape index (κ3) is 6.46. The van der Waals surface area contributed by atoms with Crippen LogP contribution in [0.25, 0.3) is 0 Å². The Kier molecular flexibility index (Phi) is 7.46. The van der Waals surface area contributed by atoms with Crippen LogP contribution >= 0.6 is 22.9 Å². The lowest BCUT2D eigenvalue weighted by molar-refractivity contribution is -0.122. The molecule has 130 valence electrons. The van der Waals surface area contributed by atoms with Crippen LogP contribution < -0.4 is 10.6 Å². The van der Waals surface area contributed by atoms with Crippen molar-refractivity contribution in [3.8, 4) is 0 Å². The second-order valence-corrected chi connectivity index (χ2v) is 9.13. The maximum Gasteiger partial charge on any atom is 0.252 e. The van der Waals surface area contributed by atoms with Crippen LogP contribution in [0.15, 0.2) is 16.3 Å². The molecule has 1 aromatic rings. The fraction of sp³-hybridized carbons (Fsp3) is 0.538. The Labute approximate surface area is 145 Å². The summed E-state index contributed by atoms with van der Waals surface area (Å²) in [4.78, 5) is 23.2. The van der Waals surface area contributed by atoms with Gasteiger partial charge in [0, 0.05) is 26.1 Å². The maximum absolute atomic E-state index is 12.2. The Morgan fingerprint density at radius 1 is 1.30 bits per heavy atom. The highest BCUT2D eigenvalue weighted by Crippen LogP contribution is 2.27. The minimum atomic E-state index is -3.74. The zero-order chi connectivity index (χ0) is 17.6. The van der Waals surface area contributed by atoms with E-state index in [4.69, 9.17) is 11.6 Å². The van der Waals surface area contributed by atoms with E-state index >= 15 is 0 Å². The van der Waals surface area contributed by atoms with Crippen molar-refractivity contribution in [1.82, 2.24) is 14.9 Å². The van der Waals surface area contributed by atoms with Crippen LogP contribution in [0, 0.1) is 0 Å². The van der Waals surface area contributed by atoms with E-state index in [1.54, 1.807) is 0 Å². The Balaban J connectivity index is 2.46. The second-order valence-electron chi connectivity index (χ2n) is 5.14. The van der Waals surface area contributed by atoms with E-state index in [0.29, 0.717) is 4.34 Å². The molecule has 0 aliphatic carbocycles. The molecule has 0 saturated carbocycles. The van der Waals surface area contributed by atoms with E-state index in [1.165, 1.54) is 19.2 Å². The second kappa shape index (κ2) is 8.62. The van der Waals surface area contributed by atoms with Crippen LogP contribution in [0.5, 0.6) is 0 Å². The molecule has 0 fully saturated rings.